The van der Waals surface area contributed by atoms with E-state index in [0.29, 0.717) is 13.2 Å². The number of nitrogens with one attached hydrogen (secondary N) is 1. The largest absolute Gasteiger partial charge is 0.444 e. The van der Waals surface area contributed by atoms with Crippen molar-refractivity contribution in [2.45, 2.75) is 52.3 Å². The summed E-state index contributed by atoms with van der Waals surface area (Å²) in [6, 6.07) is -0.271. The quantitative estimate of drug-likeness (QED) is 0.714. The van der Waals surface area contributed by atoms with Crippen LogP contribution >= 0.6 is 0 Å². The Morgan fingerprint density at radius 1 is 1.38 bits per heavy atom. The molecule has 0 aromatic carbocycles. The third kappa shape index (κ3) is 5.92. The first kappa shape index (κ1) is 15.2. The number of nitrogens with two attached hydrogens (primary N) is 1. The van der Waals surface area contributed by atoms with Crippen LogP contribution in [0.25, 0.3) is 0 Å². The van der Waals surface area contributed by atoms with Gasteiger partial charge < -0.3 is 20.5 Å². The van der Waals surface area contributed by atoms with Gasteiger partial charge in [0, 0.05) is 0 Å². The highest BCUT2D eigenvalue weighted by molar-refractivity contribution is 5.68. The molecule has 1 heterocycles. The van der Waals surface area contributed by atoms with Crippen molar-refractivity contribution in [1.29, 1.82) is 0 Å². The lowest BCUT2D eigenvalue weighted by Gasteiger charge is -2.22. The molecule has 96 valence electrons. The fraction of sp³-hybridized carbons (Fsp3) is 0.909. The average Bonchev–Trinajstić information content (AvgIpc) is 2.52. The van der Waals surface area contributed by atoms with Gasteiger partial charge >= 0.3 is 6.09 Å². The van der Waals surface area contributed by atoms with E-state index in [1.165, 1.54) is 0 Å². The van der Waals surface area contributed by atoms with Crippen molar-refractivity contribution in [3.05, 3.63) is 0 Å². The monoisotopic (exact) mass is 232 g/mol. The van der Waals surface area contributed by atoms with Gasteiger partial charge in [0.15, 0.2) is 0 Å². The maximum absolute atomic E-state index is 11.3. The summed E-state index contributed by atoms with van der Waals surface area (Å²) in [5.74, 6) is 0. The molecule has 1 fully saturated rings. The van der Waals surface area contributed by atoms with Gasteiger partial charge in [0.2, 0.25) is 0 Å². The highest BCUT2D eigenvalue weighted by atomic mass is 16.6. The van der Waals surface area contributed by atoms with Crippen molar-refractivity contribution < 1.29 is 14.3 Å². The summed E-state index contributed by atoms with van der Waals surface area (Å²) in [5.41, 5.74) is 5.22. The molecule has 0 aromatic heterocycles. The Morgan fingerprint density at radius 2 is 1.94 bits per heavy atom. The van der Waals surface area contributed by atoms with E-state index in [1.807, 2.05) is 34.6 Å². The molecular weight excluding hydrogens is 208 g/mol. The van der Waals surface area contributed by atoms with Gasteiger partial charge in [0.1, 0.15) is 5.60 Å². The van der Waals surface area contributed by atoms with E-state index in [4.69, 9.17) is 15.2 Å². The Bertz CT molecular complexity index is 214. The molecule has 0 aliphatic carbocycles. The minimum atomic E-state index is -0.479. The van der Waals surface area contributed by atoms with Crippen LogP contribution in [0.15, 0.2) is 0 Å². The van der Waals surface area contributed by atoms with Crippen LogP contribution in [-0.4, -0.2) is 37.0 Å². The Balaban J connectivity index is 0.00000106. The van der Waals surface area contributed by atoms with E-state index >= 15 is 0 Å². The number of amides is 1. The van der Waals surface area contributed by atoms with Gasteiger partial charge in [-0.05, 0) is 20.8 Å². The topological polar surface area (TPSA) is 73.6 Å². The zero-order valence-corrected chi connectivity index (χ0v) is 10.9. The lowest BCUT2D eigenvalue weighted by Crippen LogP contribution is -2.48. The molecule has 0 aromatic rings. The SMILES string of the molecule is CC.CC(C)(C)OC(=O)NC1COCC1N. The van der Waals surface area contributed by atoms with Crippen molar-refractivity contribution >= 4 is 6.09 Å². The molecule has 1 rings (SSSR count). The number of hydrogen-bond acceptors (Lipinski definition) is 4. The highest BCUT2D eigenvalue weighted by Gasteiger charge is 2.28. The molecule has 0 bridgehead atoms. The maximum atomic E-state index is 11.3. The molecule has 1 amide bonds. The number of ether oxygens (including phenoxy) is 2. The maximum Gasteiger partial charge on any atom is 0.408 e. The Hall–Kier alpha value is -0.810. The molecule has 1 aliphatic rings. The predicted octanol–water partition coefficient (Wildman–Crippen LogP) is 1.26. The predicted molar refractivity (Wildman–Crippen MR) is 63.3 cm³/mol. The van der Waals surface area contributed by atoms with E-state index < -0.39 is 11.7 Å². The molecule has 3 N–H and O–H groups in total. The molecule has 0 saturated carbocycles. The van der Waals surface area contributed by atoms with Crippen LogP contribution in [0, 0.1) is 0 Å². The second kappa shape index (κ2) is 6.70. The molecule has 1 aliphatic heterocycles. The van der Waals surface area contributed by atoms with Crippen LogP contribution in [0.4, 0.5) is 4.79 Å². The minimum absolute atomic E-state index is 0.134. The molecule has 1 saturated heterocycles. The zero-order valence-electron chi connectivity index (χ0n) is 10.9. The lowest BCUT2D eigenvalue weighted by atomic mass is 10.2. The molecular formula is C11H24N2O3. The number of hydrogen-bond donors (Lipinski definition) is 2. The van der Waals surface area contributed by atoms with E-state index in [0.717, 1.165) is 0 Å². The third-order valence-corrected chi connectivity index (χ3v) is 1.83. The molecule has 5 nitrogen and oxygen atoms in total. The number of rotatable bonds is 1. The van der Waals surface area contributed by atoms with Gasteiger partial charge in [-0.1, -0.05) is 13.8 Å². The zero-order chi connectivity index (χ0) is 12.8. The molecule has 2 unspecified atom stereocenters. The van der Waals surface area contributed by atoms with Crippen LogP contribution in [-0.2, 0) is 9.47 Å². The minimum Gasteiger partial charge on any atom is -0.444 e. The summed E-state index contributed by atoms with van der Waals surface area (Å²) in [4.78, 5) is 11.3. The summed E-state index contributed by atoms with van der Waals surface area (Å²) in [6.07, 6.45) is -0.441. The average molecular weight is 232 g/mol. The smallest absolute Gasteiger partial charge is 0.408 e. The van der Waals surface area contributed by atoms with E-state index in [1.54, 1.807) is 0 Å². The fourth-order valence-electron chi connectivity index (χ4n) is 1.18. The van der Waals surface area contributed by atoms with Crippen molar-refractivity contribution in [2.24, 2.45) is 5.73 Å². The lowest BCUT2D eigenvalue weighted by molar-refractivity contribution is 0.0496. The summed E-state index contributed by atoms with van der Waals surface area (Å²) in [5, 5.41) is 2.67. The number of carbonyl (C=O) groups excluding carboxylic acids is 1. The molecule has 0 spiro atoms. The van der Waals surface area contributed by atoms with Gasteiger partial charge in [-0.3, -0.25) is 0 Å². The van der Waals surface area contributed by atoms with Crippen LogP contribution in [0.5, 0.6) is 0 Å². The summed E-state index contributed by atoms with van der Waals surface area (Å²) in [6.45, 7) is 10.4. The Labute approximate surface area is 97.7 Å². The summed E-state index contributed by atoms with van der Waals surface area (Å²) < 4.78 is 10.2. The third-order valence-electron chi connectivity index (χ3n) is 1.83. The second-order valence-electron chi connectivity index (χ2n) is 4.45. The van der Waals surface area contributed by atoms with E-state index in [9.17, 15) is 4.79 Å². The first-order valence-electron chi connectivity index (χ1n) is 5.71. The van der Waals surface area contributed by atoms with E-state index in [-0.39, 0.29) is 12.1 Å². The summed E-state index contributed by atoms with van der Waals surface area (Å²) in [7, 11) is 0. The molecule has 0 radical (unpaired) electrons. The van der Waals surface area contributed by atoms with Crippen molar-refractivity contribution in [3.63, 3.8) is 0 Å². The summed E-state index contributed by atoms with van der Waals surface area (Å²) >= 11 is 0. The second-order valence-corrected chi connectivity index (χ2v) is 4.45. The standard InChI is InChI=1S/C9H18N2O3.C2H6/c1-9(2,3)14-8(12)11-7-5-13-4-6(7)10;1-2/h6-7H,4-5,10H2,1-3H3,(H,11,12);1-2H3. The van der Waals surface area contributed by atoms with Gasteiger partial charge in [-0.2, -0.15) is 0 Å². The molecule has 5 heteroatoms. The fourth-order valence-corrected chi connectivity index (χ4v) is 1.18. The van der Waals surface area contributed by atoms with Gasteiger partial charge in [-0.15, -0.1) is 0 Å². The van der Waals surface area contributed by atoms with Gasteiger partial charge in [0.25, 0.3) is 0 Å². The number of alkyl carbamates (subject to hydrolysis) is 1. The molecule has 2 atom stereocenters. The van der Waals surface area contributed by atoms with Crippen molar-refractivity contribution in [1.82, 2.24) is 5.32 Å². The van der Waals surface area contributed by atoms with Gasteiger partial charge in [0.05, 0.1) is 25.3 Å². The van der Waals surface area contributed by atoms with Crippen LogP contribution in [0.2, 0.25) is 0 Å². The molecule has 16 heavy (non-hydrogen) atoms. The highest BCUT2D eigenvalue weighted by Crippen LogP contribution is 2.08. The van der Waals surface area contributed by atoms with Crippen molar-refractivity contribution in [2.75, 3.05) is 13.2 Å². The van der Waals surface area contributed by atoms with Crippen molar-refractivity contribution in [3.8, 4) is 0 Å². The van der Waals surface area contributed by atoms with Crippen LogP contribution in [0.3, 0.4) is 0 Å². The van der Waals surface area contributed by atoms with Gasteiger partial charge in [-0.25, -0.2) is 4.79 Å². The Morgan fingerprint density at radius 3 is 2.31 bits per heavy atom. The van der Waals surface area contributed by atoms with Crippen LogP contribution < -0.4 is 11.1 Å². The van der Waals surface area contributed by atoms with E-state index in [2.05, 4.69) is 5.32 Å². The van der Waals surface area contributed by atoms with Crippen LogP contribution in [0.1, 0.15) is 34.6 Å². The Kier molecular flexibility index (Phi) is 6.36. The first-order valence-corrected chi connectivity index (χ1v) is 5.71. The first-order chi connectivity index (χ1) is 7.38. The normalized spacial score (nSPS) is 24.4. The number of carbonyl (C=O) groups is 1.